The molecule has 0 saturated carbocycles. The van der Waals surface area contributed by atoms with Crippen molar-refractivity contribution in [2.45, 2.75) is 19.9 Å². The third-order valence-corrected chi connectivity index (χ3v) is 3.32. The smallest absolute Gasteiger partial charge is 0.163 e. The first-order valence-corrected chi connectivity index (χ1v) is 6.83. The normalized spacial score (nSPS) is 12.2. The summed E-state index contributed by atoms with van der Waals surface area (Å²) in [6.07, 6.45) is 0. The molecule has 0 fully saturated rings. The fourth-order valence-corrected chi connectivity index (χ4v) is 2.31. The summed E-state index contributed by atoms with van der Waals surface area (Å²) >= 11 is 0. The Morgan fingerprint density at radius 1 is 1.10 bits per heavy atom. The van der Waals surface area contributed by atoms with Gasteiger partial charge in [0.25, 0.3) is 0 Å². The number of hydrogen-bond acceptors (Lipinski definition) is 2. The van der Waals surface area contributed by atoms with Gasteiger partial charge in [-0.15, -0.1) is 0 Å². The maximum absolute atomic E-state index is 13.8. The molecule has 0 amide bonds. The SMILES string of the molecule is CNC(COc1cc(C)cc(C)c1)c1cccc(F)c1F. The summed E-state index contributed by atoms with van der Waals surface area (Å²) in [5.74, 6) is -0.954. The zero-order chi connectivity index (χ0) is 15.4. The van der Waals surface area contributed by atoms with Crippen LogP contribution in [0.5, 0.6) is 5.75 Å². The third-order valence-electron chi connectivity index (χ3n) is 3.32. The van der Waals surface area contributed by atoms with Crippen LogP contribution in [0.1, 0.15) is 22.7 Å². The number of halogens is 2. The van der Waals surface area contributed by atoms with Crippen molar-refractivity contribution in [3.8, 4) is 5.75 Å². The first kappa shape index (κ1) is 15.4. The maximum Gasteiger partial charge on any atom is 0.163 e. The highest BCUT2D eigenvalue weighted by molar-refractivity contribution is 5.33. The number of likely N-dealkylation sites (N-methyl/N-ethyl adjacent to an activating group) is 1. The minimum absolute atomic E-state index is 0.222. The first-order chi connectivity index (χ1) is 10.0. The van der Waals surface area contributed by atoms with Crippen molar-refractivity contribution < 1.29 is 13.5 Å². The topological polar surface area (TPSA) is 21.3 Å². The number of ether oxygens (including phenoxy) is 1. The van der Waals surface area contributed by atoms with Gasteiger partial charge < -0.3 is 10.1 Å². The molecule has 0 aliphatic carbocycles. The van der Waals surface area contributed by atoms with E-state index < -0.39 is 17.7 Å². The van der Waals surface area contributed by atoms with Gasteiger partial charge in [0.15, 0.2) is 11.6 Å². The van der Waals surface area contributed by atoms with Crippen LogP contribution in [0.4, 0.5) is 8.78 Å². The summed E-state index contributed by atoms with van der Waals surface area (Å²) in [7, 11) is 1.69. The summed E-state index contributed by atoms with van der Waals surface area (Å²) in [5.41, 5.74) is 2.47. The van der Waals surface area contributed by atoms with Crippen LogP contribution in [0, 0.1) is 25.5 Å². The van der Waals surface area contributed by atoms with E-state index in [0.717, 1.165) is 22.9 Å². The Hall–Kier alpha value is -1.94. The third kappa shape index (κ3) is 3.79. The van der Waals surface area contributed by atoms with Gasteiger partial charge in [0.1, 0.15) is 12.4 Å². The minimum Gasteiger partial charge on any atom is -0.492 e. The zero-order valence-electron chi connectivity index (χ0n) is 12.4. The van der Waals surface area contributed by atoms with Gasteiger partial charge in [-0.2, -0.15) is 0 Å². The summed E-state index contributed by atoms with van der Waals surface area (Å²) < 4.78 is 32.8. The lowest BCUT2D eigenvalue weighted by molar-refractivity contribution is 0.268. The Morgan fingerprint density at radius 2 is 1.76 bits per heavy atom. The monoisotopic (exact) mass is 291 g/mol. The second-order valence-corrected chi connectivity index (χ2v) is 5.12. The lowest BCUT2D eigenvalue weighted by Gasteiger charge is -2.18. The Bertz CT molecular complexity index is 608. The Morgan fingerprint density at radius 3 is 2.38 bits per heavy atom. The van der Waals surface area contributed by atoms with E-state index in [1.165, 1.54) is 6.07 Å². The van der Waals surface area contributed by atoms with Gasteiger partial charge in [0.2, 0.25) is 0 Å². The summed E-state index contributed by atoms with van der Waals surface area (Å²) in [6, 6.07) is 9.63. The van der Waals surface area contributed by atoms with Crippen LogP contribution < -0.4 is 10.1 Å². The number of benzene rings is 2. The highest BCUT2D eigenvalue weighted by Gasteiger charge is 2.17. The molecule has 2 aromatic carbocycles. The van der Waals surface area contributed by atoms with E-state index >= 15 is 0 Å². The molecule has 2 nitrogen and oxygen atoms in total. The average Bonchev–Trinajstić information content (AvgIpc) is 2.43. The fraction of sp³-hybridized carbons (Fsp3) is 0.294. The van der Waals surface area contributed by atoms with E-state index in [9.17, 15) is 8.78 Å². The van der Waals surface area contributed by atoms with Gasteiger partial charge in [-0.1, -0.05) is 18.2 Å². The van der Waals surface area contributed by atoms with Crippen LogP contribution in [0.25, 0.3) is 0 Å². The summed E-state index contributed by atoms with van der Waals surface area (Å²) in [4.78, 5) is 0. The number of aryl methyl sites for hydroxylation is 2. The highest BCUT2D eigenvalue weighted by Crippen LogP contribution is 2.22. The number of hydrogen-bond donors (Lipinski definition) is 1. The zero-order valence-corrected chi connectivity index (χ0v) is 12.4. The van der Waals surface area contributed by atoms with Crippen molar-refractivity contribution in [2.75, 3.05) is 13.7 Å². The van der Waals surface area contributed by atoms with Crippen LogP contribution in [-0.2, 0) is 0 Å². The number of rotatable bonds is 5. The predicted molar refractivity (Wildman–Crippen MR) is 79.6 cm³/mol. The molecule has 2 rings (SSSR count). The first-order valence-electron chi connectivity index (χ1n) is 6.83. The van der Waals surface area contributed by atoms with Gasteiger partial charge >= 0.3 is 0 Å². The molecular weight excluding hydrogens is 272 g/mol. The van der Waals surface area contributed by atoms with Gasteiger partial charge in [0.05, 0.1) is 6.04 Å². The number of nitrogens with one attached hydrogen (secondary N) is 1. The fourth-order valence-electron chi connectivity index (χ4n) is 2.31. The van der Waals surface area contributed by atoms with Gasteiger partial charge in [-0.3, -0.25) is 0 Å². The molecule has 0 spiro atoms. The summed E-state index contributed by atoms with van der Waals surface area (Å²) in [6.45, 7) is 4.20. The largest absolute Gasteiger partial charge is 0.492 e. The van der Waals surface area contributed by atoms with Crippen LogP contribution in [0.2, 0.25) is 0 Å². The molecule has 1 atom stereocenters. The highest BCUT2D eigenvalue weighted by atomic mass is 19.2. The van der Waals surface area contributed by atoms with E-state index in [1.54, 1.807) is 13.1 Å². The van der Waals surface area contributed by atoms with Crippen molar-refractivity contribution in [3.63, 3.8) is 0 Å². The van der Waals surface area contributed by atoms with Crippen LogP contribution in [0.15, 0.2) is 36.4 Å². The van der Waals surface area contributed by atoms with Crippen molar-refractivity contribution in [1.82, 2.24) is 5.32 Å². The van der Waals surface area contributed by atoms with E-state index in [1.807, 2.05) is 26.0 Å². The molecule has 0 bridgehead atoms. The molecular formula is C17H19F2NO. The van der Waals surface area contributed by atoms with Gasteiger partial charge in [-0.05, 0) is 50.2 Å². The van der Waals surface area contributed by atoms with Crippen molar-refractivity contribution >= 4 is 0 Å². The van der Waals surface area contributed by atoms with E-state index in [4.69, 9.17) is 4.74 Å². The minimum atomic E-state index is -0.848. The molecule has 0 radical (unpaired) electrons. The Kier molecular flexibility index (Phi) is 4.91. The van der Waals surface area contributed by atoms with Crippen molar-refractivity contribution in [1.29, 1.82) is 0 Å². The Balaban J connectivity index is 2.14. The van der Waals surface area contributed by atoms with E-state index in [0.29, 0.717) is 0 Å². The van der Waals surface area contributed by atoms with Crippen LogP contribution in [0.3, 0.4) is 0 Å². The molecule has 0 saturated heterocycles. The molecule has 0 aliphatic heterocycles. The lowest BCUT2D eigenvalue weighted by Crippen LogP contribution is -2.24. The van der Waals surface area contributed by atoms with Gasteiger partial charge in [-0.25, -0.2) is 8.78 Å². The van der Waals surface area contributed by atoms with Gasteiger partial charge in [0, 0.05) is 5.56 Å². The summed E-state index contributed by atoms with van der Waals surface area (Å²) in [5, 5.41) is 2.95. The average molecular weight is 291 g/mol. The maximum atomic E-state index is 13.8. The quantitative estimate of drug-likeness (QED) is 0.901. The van der Waals surface area contributed by atoms with E-state index in [2.05, 4.69) is 11.4 Å². The molecule has 2 aromatic rings. The molecule has 1 unspecified atom stereocenters. The van der Waals surface area contributed by atoms with Crippen LogP contribution in [-0.4, -0.2) is 13.7 Å². The molecule has 0 heterocycles. The van der Waals surface area contributed by atoms with Crippen molar-refractivity contribution in [3.05, 3.63) is 64.7 Å². The van der Waals surface area contributed by atoms with Crippen molar-refractivity contribution in [2.24, 2.45) is 0 Å². The second-order valence-electron chi connectivity index (χ2n) is 5.12. The van der Waals surface area contributed by atoms with E-state index in [-0.39, 0.29) is 12.2 Å². The second kappa shape index (κ2) is 6.68. The Labute approximate surface area is 123 Å². The molecule has 0 aromatic heterocycles. The molecule has 112 valence electrons. The standard InChI is InChI=1S/C17H19F2NO/c1-11-7-12(2)9-13(8-11)21-10-16(20-3)14-5-4-6-15(18)17(14)19/h4-9,16,20H,10H2,1-3H3. The van der Waals surface area contributed by atoms with Crippen LogP contribution >= 0.6 is 0 Å². The predicted octanol–water partition coefficient (Wildman–Crippen LogP) is 3.92. The molecule has 1 N–H and O–H groups in total. The molecule has 4 heteroatoms. The lowest BCUT2D eigenvalue weighted by atomic mass is 10.1. The molecule has 21 heavy (non-hydrogen) atoms. The molecule has 0 aliphatic rings.